The fraction of sp³-hybridized carbons (Fsp3) is 0.875. The molecule has 0 radical (unpaired) electrons. The van der Waals surface area contributed by atoms with Gasteiger partial charge in [0.05, 0.1) is 6.10 Å². The van der Waals surface area contributed by atoms with Crippen LogP contribution >= 0.6 is 12.6 Å². The monoisotopic (exact) mass is 204 g/mol. The normalized spacial score (nSPS) is 25.3. The van der Waals surface area contributed by atoms with Gasteiger partial charge in [-0.3, -0.25) is 4.79 Å². The number of aliphatic hydroxyl groups is 1. The fourth-order valence-electron chi connectivity index (χ4n) is 1.48. The van der Waals surface area contributed by atoms with E-state index in [0.29, 0.717) is 25.4 Å². The number of hydrogen-bond donors (Lipinski definition) is 3. The van der Waals surface area contributed by atoms with Gasteiger partial charge < -0.3 is 15.7 Å². The maximum atomic E-state index is 11.3. The molecule has 0 aromatic carbocycles. The zero-order chi connectivity index (χ0) is 9.84. The highest BCUT2D eigenvalue weighted by Crippen LogP contribution is 2.18. The van der Waals surface area contributed by atoms with Crippen molar-refractivity contribution in [3.8, 4) is 0 Å². The standard InChI is InChI=1S/C8H16N2O2S/c9-2-7(11)4-10-3-6(5-13)1-8(10)12/h6-7,11,13H,1-5,9H2. The molecule has 0 saturated carbocycles. The molecule has 1 fully saturated rings. The second-order valence-electron chi connectivity index (χ2n) is 3.44. The quantitative estimate of drug-likeness (QED) is 0.519. The number of hydrogen-bond acceptors (Lipinski definition) is 4. The first-order valence-electron chi connectivity index (χ1n) is 4.44. The van der Waals surface area contributed by atoms with Crippen LogP contribution in [0.25, 0.3) is 0 Å². The lowest BCUT2D eigenvalue weighted by Crippen LogP contribution is -2.37. The summed E-state index contributed by atoms with van der Waals surface area (Å²) in [5.74, 6) is 1.16. The first-order chi connectivity index (χ1) is 6.17. The highest BCUT2D eigenvalue weighted by atomic mass is 32.1. The highest BCUT2D eigenvalue weighted by Gasteiger charge is 2.29. The van der Waals surface area contributed by atoms with Crippen molar-refractivity contribution in [2.24, 2.45) is 11.7 Å². The summed E-state index contributed by atoms with van der Waals surface area (Å²) in [6.45, 7) is 1.27. The van der Waals surface area contributed by atoms with Crippen molar-refractivity contribution in [1.82, 2.24) is 4.90 Å². The van der Waals surface area contributed by atoms with E-state index in [1.54, 1.807) is 4.90 Å². The van der Waals surface area contributed by atoms with Crippen LogP contribution in [0.3, 0.4) is 0 Å². The Balaban J connectivity index is 2.39. The summed E-state index contributed by atoms with van der Waals surface area (Å²) in [6.07, 6.45) is -0.0385. The highest BCUT2D eigenvalue weighted by molar-refractivity contribution is 7.80. The van der Waals surface area contributed by atoms with Crippen LogP contribution in [0.4, 0.5) is 0 Å². The van der Waals surface area contributed by atoms with E-state index in [4.69, 9.17) is 5.73 Å². The van der Waals surface area contributed by atoms with Gasteiger partial charge in [-0.15, -0.1) is 0 Å². The molecule has 1 rings (SSSR count). The topological polar surface area (TPSA) is 66.6 Å². The van der Waals surface area contributed by atoms with Crippen molar-refractivity contribution in [1.29, 1.82) is 0 Å². The van der Waals surface area contributed by atoms with Gasteiger partial charge >= 0.3 is 0 Å². The van der Waals surface area contributed by atoms with Crippen molar-refractivity contribution in [2.45, 2.75) is 12.5 Å². The lowest BCUT2D eigenvalue weighted by Gasteiger charge is -2.19. The van der Waals surface area contributed by atoms with Crippen molar-refractivity contribution >= 4 is 18.5 Å². The molecule has 4 nitrogen and oxygen atoms in total. The second-order valence-corrected chi connectivity index (χ2v) is 3.81. The molecular weight excluding hydrogens is 188 g/mol. The molecule has 5 heteroatoms. The Kier molecular flexibility index (Phi) is 4.02. The SMILES string of the molecule is NCC(O)CN1CC(CS)CC1=O. The summed E-state index contributed by atoms with van der Waals surface area (Å²) in [4.78, 5) is 13.0. The molecule has 1 heterocycles. The Labute approximate surface area is 83.5 Å². The molecule has 0 spiro atoms. The van der Waals surface area contributed by atoms with Crippen molar-refractivity contribution in [2.75, 3.05) is 25.4 Å². The number of β-amino-alcohol motifs (C(OH)–C–C–N with tert-alkyl or cyclic N) is 1. The Bertz CT molecular complexity index is 189. The van der Waals surface area contributed by atoms with Crippen LogP contribution in [0.5, 0.6) is 0 Å². The van der Waals surface area contributed by atoms with Gasteiger partial charge in [0.2, 0.25) is 5.91 Å². The molecule has 0 aliphatic carbocycles. The van der Waals surface area contributed by atoms with E-state index in [0.717, 1.165) is 5.75 Å². The number of amides is 1. The Morgan fingerprint density at radius 1 is 1.77 bits per heavy atom. The van der Waals surface area contributed by atoms with Crippen LogP contribution in [0.2, 0.25) is 0 Å². The van der Waals surface area contributed by atoms with Crippen LogP contribution in [0, 0.1) is 5.92 Å². The third-order valence-electron chi connectivity index (χ3n) is 2.26. The molecule has 1 aliphatic heterocycles. The van der Waals surface area contributed by atoms with Crippen LogP contribution in [0.1, 0.15) is 6.42 Å². The molecule has 1 amide bonds. The maximum absolute atomic E-state index is 11.3. The summed E-state index contributed by atoms with van der Waals surface area (Å²) >= 11 is 4.14. The van der Waals surface area contributed by atoms with E-state index in [1.165, 1.54) is 0 Å². The van der Waals surface area contributed by atoms with Gasteiger partial charge in [-0.1, -0.05) is 0 Å². The third-order valence-corrected chi connectivity index (χ3v) is 2.77. The van der Waals surface area contributed by atoms with Gasteiger partial charge in [-0.05, 0) is 11.7 Å². The Morgan fingerprint density at radius 2 is 2.46 bits per heavy atom. The zero-order valence-corrected chi connectivity index (χ0v) is 8.41. The number of carbonyl (C=O) groups excluding carboxylic acids is 1. The summed E-state index contributed by atoms with van der Waals surface area (Å²) < 4.78 is 0. The van der Waals surface area contributed by atoms with E-state index in [1.807, 2.05) is 0 Å². The predicted octanol–water partition coefficient (Wildman–Crippen LogP) is -0.916. The first kappa shape index (κ1) is 10.8. The number of nitrogens with two attached hydrogens (primary N) is 1. The van der Waals surface area contributed by atoms with E-state index >= 15 is 0 Å². The molecule has 0 bridgehead atoms. The number of nitrogens with zero attached hydrogens (tertiary/aromatic N) is 1. The summed E-state index contributed by atoms with van der Waals surface area (Å²) in [7, 11) is 0. The lowest BCUT2D eigenvalue weighted by molar-refractivity contribution is -0.128. The van der Waals surface area contributed by atoms with E-state index < -0.39 is 6.10 Å². The van der Waals surface area contributed by atoms with Crippen LogP contribution < -0.4 is 5.73 Å². The molecule has 2 atom stereocenters. The van der Waals surface area contributed by atoms with Crippen LogP contribution in [-0.2, 0) is 4.79 Å². The lowest BCUT2D eigenvalue weighted by atomic mass is 10.1. The number of rotatable bonds is 4. The number of likely N-dealkylation sites (tertiary alicyclic amines) is 1. The second kappa shape index (κ2) is 4.83. The molecular formula is C8H16N2O2S. The van der Waals surface area contributed by atoms with Crippen molar-refractivity contribution in [3.63, 3.8) is 0 Å². The average molecular weight is 204 g/mol. The van der Waals surface area contributed by atoms with Gasteiger partial charge in [0.25, 0.3) is 0 Å². The number of aliphatic hydroxyl groups excluding tert-OH is 1. The van der Waals surface area contributed by atoms with Crippen molar-refractivity contribution < 1.29 is 9.90 Å². The predicted molar refractivity (Wildman–Crippen MR) is 53.6 cm³/mol. The minimum atomic E-state index is -0.595. The summed E-state index contributed by atoms with van der Waals surface area (Å²) in [6, 6.07) is 0. The van der Waals surface area contributed by atoms with Gasteiger partial charge in [0.1, 0.15) is 0 Å². The van der Waals surface area contributed by atoms with Crippen molar-refractivity contribution in [3.05, 3.63) is 0 Å². The first-order valence-corrected chi connectivity index (χ1v) is 5.07. The Morgan fingerprint density at radius 3 is 2.92 bits per heavy atom. The molecule has 0 aromatic rings. The van der Waals surface area contributed by atoms with E-state index in [-0.39, 0.29) is 12.5 Å². The van der Waals surface area contributed by atoms with Gasteiger partial charge in [-0.25, -0.2) is 0 Å². The minimum absolute atomic E-state index is 0.103. The molecule has 13 heavy (non-hydrogen) atoms. The molecule has 1 aliphatic rings. The molecule has 76 valence electrons. The van der Waals surface area contributed by atoms with Gasteiger partial charge in [-0.2, -0.15) is 12.6 Å². The third kappa shape index (κ3) is 2.86. The summed E-state index contributed by atoms with van der Waals surface area (Å²) in [5, 5.41) is 9.26. The summed E-state index contributed by atoms with van der Waals surface area (Å²) in [5.41, 5.74) is 5.26. The zero-order valence-electron chi connectivity index (χ0n) is 7.52. The number of thiol groups is 1. The molecule has 0 aromatic heterocycles. The largest absolute Gasteiger partial charge is 0.390 e. The molecule has 3 N–H and O–H groups in total. The smallest absolute Gasteiger partial charge is 0.223 e. The Hall–Kier alpha value is -0.260. The van der Waals surface area contributed by atoms with Gasteiger partial charge in [0.15, 0.2) is 0 Å². The fourth-order valence-corrected chi connectivity index (χ4v) is 1.73. The van der Waals surface area contributed by atoms with E-state index in [9.17, 15) is 9.90 Å². The average Bonchev–Trinajstić information content (AvgIpc) is 2.47. The number of carbonyl (C=O) groups is 1. The molecule has 1 saturated heterocycles. The van der Waals surface area contributed by atoms with Crippen LogP contribution in [-0.4, -0.2) is 47.4 Å². The minimum Gasteiger partial charge on any atom is -0.390 e. The molecule has 2 unspecified atom stereocenters. The maximum Gasteiger partial charge on any atom is 0.223 e. The van der Waals surface area contributed by atoms with Gasteiger partial charge in [0, 0.05) is 26.1 Å². The van der Waals surface area contributed by atoms with E-state index in [2.05, 4.69) is 12.6 Å². The van der Waals surface area contributed by atoms with Crippen LogP contribution in [0.15, 0.2) is 0 Å².